The van der Waals surface area contributed by atoms with Crippen LogP contribution in [0.4, 0.5) is 0 Å². The quantitative estimate of drug-likeness (QED) is 0.309. The Morgan fingerprint density at radius 3 is 2.00 bits per heavy atom. The molecule has 0 bridgehead atoms. The third kappa shape index (κ3) is 13.5. The van der Waals surface area contributed by atoms with Crippen LogP contribution in [-0.4, -0.2) is 16.6 Å². The van der Waals surface area contributed by atoms with Crippen molar-refractivity contribution < 1.29 is 14.0 Å². The molecule has 0 aliphatic carbocycles. The van der Waals surface area contributed by atoms with Gasteiger partial charge in [-0.05, 0) is 30.8 Å². The van der Waals surface area contributed by atoms with Crippen LogP contribution < -0.4 is 16.8 Å². The van der Waals surface area contributed by atoms with E-state index in [1.165, 1.54) is 38.5 Å². The Hall–Kier alpha value is -0.940. The molecule has 0 fully saturated rings. The number of thiocarbonyl (C=S) groups is 1. The molecule has 138 valence electrons. The van der Waals surface area contributed by atoms with Gasteiger partial charge in [0.15, 0.2) is 5.11 Å². The average Bonchev–Trinajstić information content (AvgIpc) is 2.53. The van der Waals surface area contributed by atoms with Crippen molar-refractivity contribution in [3.05, 3.63) is 30.3 Å². The minimum atomic E-state index is -3.62. The van der Waals surface area contributed by atoms with Gasteiger partial charge in [0, 0.05) is 0 Å². The van der Waals surface area contributed by atoms with E-state index < -0.39 is 7.60 Å². The van der Waals surface area contributed by atoms with Crippen molar-refractivity contribution in [2.75, 3.05) is 6.61 Å². The van der Waals surface area contributed by atoms with E-state index in [1.54, 1.807) is 24.3 Å². The first-order chi connectivity index (χ1) is 11.4. The van der Waals surface area contributed by atoms with Gasteiger partial charge in [0.05, 0.1) is 11.9 Å². The molecule has 1 aromatic carbocycles. The van der Waals surface area contributed by atoms with Gasteiger partial charge in [0.1, 0.15) is 0 Å². The summed E-state index contributed by atoms with van der Waals surface area (Å²) in [6.45, 7) is 2.58. The molecule has 0 saturated heterocycles. The highest BCUT2D eigenvalue weighted by Crippen LogP contribution is 2.40. The Bertz CT molecular complexity index is 482. The van der Waals surface area contributed by atoms with E-state index >= 15 is 0 Å². The maximum atomic E-state index is 12.0. The van der Waals surface area contributed by atoms with Gasteiger partial charge in [-0.3, -0.25) is 4.57 Å². The zero-order chi connectivity index (χ0) is 18.3. The summed E-state index contributed by atoms with van der Waals surface area (Å²) in [4.78, 5) is 9.82. The normalized spacial score (nSPS) is 12.8. The van der Waals surface area contributed by atoms with E-state index in [0.717, 1.165) is 12.8 Å². The first kappa shape index (κ1) is 23.1. The highest BCUT2D eigenvalue weighted by atomic mass is 32.1. The molecule has 1 atom stereocenters. The summed E-state index contributed by atoms with van der Waals surface area (Å²) in [5, 5.41) is 0.375. The molecule has 0 aliphatic rings. The predicted molar refractivity (Wildman–Crippen MR) is 105 cm³/mol. The fourth-order valence-electron chi connectivity index (χ4n) is 2.12. The molecule has 0 aliphatic heterocycles. The fourth-order valence-corrected chi connectivity index (χ4v) is 3.19. The van der Waals surface area contributed by atoms with E-state index in [1.807, 2.05) is 6.07 Å². The molecule has 1 aromatic rings. The minimum absolute atomic E-state index is 0.000000000000000222. The summed E-state index contributed by atoms with van der Waals surface area (Å²) in [5.41, 5.74) is 9.24. The number of unbranched alkanes of at least 4 members (excludes halogenated alkanes) is 7. The highest BCUT2D eigenvalue weighted by Gasteiger charge is 2.21. The number of benzene rings is 1. The molecule has 0 amide bonds. The second-order valence-corrected chi connectivity index (χ2v) is 7.85. The van der Waals surface area contributed by atoms with Crippen LogP contribution in [0, 0.1) is 0 Å². The molecule has 0 aromatic heterocycles. The van der Waals surface area contributed by atoms with Crippen LogP contribution in [0.25, 0.3) is 0 Å². The molecular weight excluding hydrogens is 343 g/mol. The molecule has 24 heavy (non-hydrogen) atoms. The second-order valence-electron chi connectivity index (χ2n) is 5.57. The summed E-state index contributed by atoms with van der Waals surface area (Å²) in [6.07, 6.45) is 9.60. The van der Waals surface area contributed by atoms with Crippen molar-refractivity contribution in [3.63, 3.8) is 0 Å². The molecular formula is C17H31N2O3PS. The van der Waals surface area contributed by atoms with Crippen LogP contribution >= 0.6 is 19.8 Å². The van der Waals surface area contributed by atoms with Gasteiger partial charge in [-0.15, -0.1) is 0 Å². The molecule has 0 saturated carbocycles. The SMILES string of the molecule is CCCCCCCCCCOP(=O)(O)c1ccccc1.NC(N)=S. The van der Waals surface area contributed by atoms with E-state index in [0.29, 0.717) is 11.9 Å². The Morgan fingerprint density at radius 2 is 1.50 bits per heavy atom. The summed E-state index contributed by atoms with van der Waals surface area (Å²) in [7, 11) is -3.62. The van der Waals surface area contributed by atoms with Crippen LogP contribution in [0.5, 0.6) is 0 Å². The van der Waals surface area contributed by atoms with Crippen LogP contribution in [-0.2, 0) is 9.09 Å². The lowest BCUT2D eigenvalue weighted by molar-refractivity contribution is 0.261. The number of rotatable bonds is 11. The Balaban J connectivity index is 0.00000118. The standard InChI is InChI=1S/C16H27O3P.CH4N2S/c1-2-3-4-5-6-7-8-12-15-19-20(17,18)16-13-10-9-11-14-16;2-1(3)4/h9-11,13-14H,2-8,12,15H2,1H3,(H,17,18);(H4,2,3,4). The van der Waals surface area contributed by atoms with Gasteiger partial charge < -0.3 is 20.9 Å². The Labute approximate surface area is 151 Å². The minimum Gasteiger partial charge on any atom is -0.377 e. The topological polar surface area (TPSA) is 98.6 Å². The lowest BCUT2D eigenvalue weighted by Gasteiger charge is -2.12. The van der Waals surface area contributed by atoms with Crippen molar-refractivity contribution in [1.29, 1.82) is 0 Å². The van der Waals surface area contributed by atoms with Gasteiger partial charge in [0.2, 0.25) is 0 Å². The number of nitrogens with two attached hydrogens (primary N) is 2. The van der Waals surface area contributed by atoms with Crippen LogP contribution in [0.15, 0.2) is 30.3 Å². The average molecular weight is 374 g/mol. The highest BCUT2D eigenvalue weighted by molar-refractivity contribution is 7.80. The third-order valence-corrected chi connectivity index (χ3v) is 4.83. The number of hydrogen-bond acceptors (Lipinski definition) is 3. The van der Waals surface area contributed by atoms with Crippen molar-refractivity contribution in [2.24, 2.45) is 11.5 Å². The van der Waals surface area contributed by atoms with E-state index in [9.17, 15) is 9.46 Å². The maximum Gasteiger partial charge on any atom is 0.358 e. The van der Waals surface area contributed by atoms with Gasteiger partial charge >= 0.3 is 7.60 Å². The van der Waals surface area contributed by atoms with Crippen LogP contribution in [0.2, 0.25) is 0 Å². The second kappa shape index (κ2) is 14.4. The first-order valence-electron chi connectivity index (χ1n) is 8.48. The van der Waals surface area contributed by atoms with Gasteiger partial charge in [-0.1, -0.05) is 70.1 Å². The van der Waals surface area contributed by atoms with Gasteiger partial charge in [0.25, 0.3) is 0 Å². The molecule has 5 nitrogen and oxygen atoms in total. The molecule has 0 heterocycles. The van der Waals surface area contributed by atoms with Crippen molar-refractivity contribution in [1.82, 2.24) is 0 Å². The zero-order valence-corrected chi connectivity index (χ0v) is 16.2. The van der Waals surface area contributed by atoms with Gasteiger partial charge in [-0.2, -0.15) is 0 Å². The molecule has 1 rings (SSSR count). The molecule has 1 unspecified atom stereocenters. The van der Waals surface area contributed by atoms with Gasteiger partial charge in [-0.25, -0.2) is 0 Å². The van der Waals surface area contributed by atoms with E-state index in [-0.39, 0.29) is 5.11 Å². The predicted octanol–water partition coefficient (Wildman–Crippen LogP) is 3.84. The molecule has 7 heteroatoms. The van der Waals surface area contributed by atoms with Crippen LogP contribution in [0.1, 0.15) is 58.3 Å². The molecule has 5 N–H and O–H groups in total. The molecule has 0 radical (unpaired) electrons. The maximum absolute atomic E-state index is 12.0. The van der Waals surface area contributed by atoms with E-state index in [2.05, 4.69) is 30.6 Å². The summed E-state index contributed by atoms with van der Waals surface area (Å²) >= 11 is 4.09. The summed E-state index contributed by atoms with van der Waals surface area (Å²) in [6, 6.07) is 8.58. The fraction of sp³-hybridized carbons (Fsp3) is 0.588. The van der Waals surface area contributed by atoms with Crippen molar-refractivity contribution in [3.8, 4) is 0 Å². The lowest BCUT2D eigenvalue weighted by Crippen LogP contribution is -2.18. The van der Waals surface area contributed by atoms with Crippen molar-refractivity contribution >= 4 is 30.2 Å². The summed E-state index contributed by atoms with van der Waals surface area (Å²) < 4.78 is 17.1. The monoisotopic (exact) mass is 374 g/mol. The number of hydrogen-bond donors (Lipinski definition) is 3. The Morgan fingerprint density at radius 1 is 1.04 bits per heavy atom. The van der Waals surface area contributed by atoms with E-state index in [4.69, 9.17) is 4.52 Å². The Kier molecular flexibility index (Phi) is 13.8. The first-order valence-corrected chi connectivity index (χ1v) is 10.5. The molecule has 0 spiro atoms. The lowest BCUT2D eigenvalue weighted by atomic mass is 10.1. The third-order valence-electron chi connectivity index (χ3n) is 3.35. The summed E-state index contributed by atoms with van der Waals surface area (Å²) in [5.74, 6) is 0. The van der Waals surface area contributed by atoms with Crippen LogP contribution in [0.3, 0.4) is 0 Å². The zero-order valence-electron chi connectivity index (χ0n) is 14.5. The largest absolute Gasteiger partial charge is 0.377 e. The van der Waals surface area contributed by atoms with Crippen molar-refractivity contribution in [2.45, 2.75) is 58.3 Å². The smallest absolute Gasteiger partial charge is 0.358 e.